The van der Waals surface area contributed by atoms with Gasteiger partial charge in [-0.1, -0.05) is 61.9 Å². The fourth-order valence-electron chi connectivity index (χ4n) is 3.25. The molecular formula is C20H22. The Kier molecular flexibility index (Phi) is 3.48. The molecule has 1 aliphatic carbocycles. The molecule has 0 bridgehead atoms. The first kappa shape index (κ1) is 13.2. The van der Waals surface area contributed by atoms with Crippen molar-refractivity contribution in [2.24, 2.45) is 0 Å². The largest absolute Gasteiger partial charge is 0.0658 e. The van der Waals surface area contributed by atoms with Crippen LogP contribution in [0.1, 0.15) is 44.2 Å². The molecule has 0 amide bonds. The van der Waals surface area contributed by atoms with E-state index in [4.69, 9.17) is 0 Å². The lowest BCUT2D eigenvalue weighted by Crippen LogP contribution is -1.90. The van der Waals surface area contributed by atoms with Gasteiger partial charge in [-0.15, -0.1) is 0 Å². The third kappa shape index (κ3) is 2.10. The average Bonchev–Trinajstić information content (AvgIpc) is 2.91. The summed E-state index contributed by atoms with van der Waals surface area (Å²) < 4.78 is 0. The summed E-state index contributed by atoms with van der Waals surface area (Å²) in [5.41, 5.74) is 7.44. The molecule has 102 valence electrons. The van der Waals surface area contributed by atoms with E-state index in [1.54, 1.807) is 11.1 Å². The first-order valence-corrected chi connectivity index (χ1v) is 7.64. The third-order valence-electron chi connectivity index (χ3n) is 4.47. The highest BCUT2D eigenvalue weighted by atomic mass is 14.2. The van der Waals surface area contributed by atoms with Gasteiger partial charge in [0.15, 0.2) is 0 Å². The second-order valence-electron chi connectivity index (χ2n) is 5.67. The Morgan fingerprint density at radius 2 is 1.65 bits per heavy atom. The van der Waals surface area contributed by atoms with Gasteiger partial charge in [0.1, 0.15) is 0 Å². The van der Waals surface area contributed by atoms with Crippen molar-refractivity contribution in [3.63, 3.8) is 0 Å². The molecule has 3 rings (SSSR count). The minimum atomic E-state index is 1.13. The molecule has 0 heteroatoms. The minimum absolute atomic E-state index is 1.13. The number of benzene rings is 2. The van der Waals surface area contributed by atoms with Gasteiger partial charge in [-0.25, -0.2) is 0 Å². The van der Waals surface area contributed by atoms with E-state index >= 15 is 0 Å². The van der Waals surface area contributed by atoms with E-state index in [0.717, 1.165) is 19.3 Å². The first-order chi connectivity index (χ1) is 9.74. The Balaban J connectivity index is 2.19. The highest BCUT2D eigenvalue weighted by Crippen LogP contribution is 2.39. The van der Waals surface area contributed by atoms with E-state index in [2.05, 4.69) is 63.2 Å². The lowest BCUT2D eigenvalue weighted by atomic mass is 9.92. The summed E-state index contributed by atoms with van der Waals surface area (Å²) in [5.74, 6) is 0. The molecule has 0 unspecified atom stereocenters. The van der Waals surface area contributed by atoms with Crippen LogP contribution in [0.5, 0.6) is 0 Å². The number of hydrogen-bond acceptors (Lipinski definition) is 0. The second kappa shape index (κ2) is 5.28. The van der Waals surface area contributed by atoms with Crippen LogP contribution in [-0.4, -0.2) is 0 Å². The van der Waals surface area contributed by atoms with E-state index in [9.17, 15) is 0 Å². The predicted octanol–water partition coefficient (Wildman–Crippen LogP) is 6.05. The summed E-state index contributed by atoms with van der Waals surface area (Å²) >= 11 is 0. The highest BCUT2D eigenvalue weighted by Gasteiger charge is 2.17. The zero-order valence-electron chi connectivity index (χ0n) is 12.7. The molecule has 2 aromatic carbocycles. The quantitative estimate of drug-likeness (QED) is 0.631. The molecule has 0 nitrogen and oxygen atoms in total. The molecule has 0 atom stereocenters. The van der Waals surface area contributed by atoms with Crippen LogP contribution in [0, 0.1) is 6.92 Å². The fraction of sp³-hybridized carbons (Fsp3) is 0.300. The van der Waals surface area contributed by atoms with Gasteiger partial charge in [0, 0.05) is 0 Å². The summed E-state index contributed by atoms with van der Waals surface area (Å²) in [6.45, 7) is 6.72. The lowest BCUT2D eigenvalue weighted by molar-refractivity contribution is 1.06. The zero-order valence-corrected chi connectivity index (χ0v) is 12.7. The summed E-state index contributed by atoms with van der Waals surface area (Å²) in [7, 11) is 0. The molecule has 1 aliphatic rings. The first-order valence-electron chi connectivity index (χ1n) is 7.64. The van der Waals surface area contributed by atoms with Crippen molar-refractivity contribution in [3.8, 4) is 0 Å². The van der Waals surface area contributed by atoms with Crippen LogP contribution >= 0.6 is 0 Å². The summed E-state index contributed by atoms with van der Waals surface area (Å²) in [6, 6.07) is 13.4. The molecule has 0 aromatic heterocycles. The SMILES string of the molecule is CCC1=CC(CC)=C(c2ccc(C)c3ccccc23)C1. The molecular weight excluding hydrogens is 240 g/mol. The smallest absolute Gasteiger partial charge is 0.00551 e. The van der Waals surface area contributed by atoms with Crippen LogP contribution < -0.4 is 0 Å². The van der Waals surface area contributed by atoms with E-state index in [-0.39, 0.29) is 0 Å². The zero-order chi connectivity index (χ0) is 14.1. The predicted molar refractivity (Wildman–Crippen MR) is 88.9 cm³/mol. The van der Waals surface area contributed by atoms with Crippen molar-refractivity contribution in [2.45, 2.75) is 40.0 Å². The molecule has 0 radical (unpaired) electrons. The molecule has 0 aliphatic heterocycles. The molecule has 0 saturated heterocycles. The Morgan fingerprint density at radius 1 is 0.900 bits per heavy atom. The third-order valence-corrected chi connectivity index (χ3v) is 4.47. The van der Waals surface area contributed by atoms with Crippen LogP contribution in [0.25, 0.3) is 16.3 Å². The van der Waals surface area contributed by atoms with Crippen LogP contribution in [0.4, 0.5) is 0 Å². The van der Waals surface area contributed by atoms with Crippen molar-refractivity contribution < 1.29 is 0 Å². The minimum Gasteiger partial charge on any atom is -0.0658 e. The van der Waals surface area contributed by atoms with Gasteiger partial charge in [-0.3, -0.25) is 0 Å². The Morgan fingerprint density at radius 3 is 2.35 bits per heavy atom. The van der Waals surface area contributed by atoms with Gasteiger partial charge in [-0.05, 0) is 59.2 Å². The Hall–Kier alpha value is -1.82. The van der Waals surface area contributed by atoms with Crippen molar-refractivity contribution >= 4 is 16.3 Å². The van der Waals surface area contributed by atoms with Gasteiger partial charge in [0.05, 0.1) is 0 Å². The molecule has 2 aromatic rings. The topological polar surface area (TPSA) is 0 Å². The van der Waals surface area contributed by atoms with Crippen molar-refractivity contribution in [1.82, 2.24) is 0 Å². The molecule has 0 N–H and O–H groups in total. The van der Waals surface area contributed by atoms with E-state index in [0.29, 0.717) is 0 Å². The maximum Gasteiger partial charge on any atom is -0.00551 e. The summed E-state index contributed by atoms with van der Waals surface area (Å²) in [4.78, 5) is 0. The number of allylic oxidation sites excluding steroid dienone is 4. The molecule has 0 spiro atoms. The maximum atomic E-state index is 2.42. The maximum absolute atomic E-state index is 2.42. The second-order valence-corrected chi connectivity index (χ2v) is 5.67. The van der Waals surface area contributed by atoms with Crippen LogP contribution in [-0.2, 0) is 0 Å². The Bertz CT molecular complexity index is 714. The molecule has 0 fully saturated rings. The monoisotopic (exact) mass is 262 g/mol. The molecule has 0 saturated carbocycles. The van der Waals surface area contributed by atoms with Crippen LogP contribution in [0.15, 0.2) is 53.6 Å². The molecule has 20 heavy (non-hydrogen) atoms. The number of rotatable bonds is 3. The number of fused-ring (bicyclic) bond motifs is 1. The fourth-order valence-corrected chi connectivity index (χ4v) is 3.25. The van der Waals surface area contributed by atoms with Gasteiger partial charge in [-0.2, -0.15) is 0 Å². The van der Waals surface area contributed by atoms with Crippen LogP contribution in [0.3, 0.4) is 0 Å². The van der Waals surface area contributed by atoms with Gasteiger partial charge in [0.25, 0.3) is 0 Å². The Labute approximate surface area is 121 Å². The van der Waals surface area contributed by atoms with Gasteiger partial charge >= 0.3 is 0 Å². The van der Waals surface area contributed by atoms with E-state index in [1.165, 1.54) is 27.5 Å². The van der Waals surface area contributed by atoms with Crippen LogP contribution in [0.2, 0.25) is 0 Å². The van der Waals surface area contributed by atoms with Crippen molar-refractivity contribution in [1.29, 1.82) is 0 Å². The number of hydrogen-bond donors (Lipinski definition) is 0. The van der Waals surface area contributed by atoms with Crippen molar-refractivity contribution in [3.05, 3.63) is 64.7 Å². The van der Waals surface area contributed by atoms with E-state index in [1.807, 2.05) is 0 Å². The summed E-state index contributed by atoms with van der Waals surface area (Å²) in [6.07, 6.45) is 5.84. The molecule has 0 heterocycles. The van der Waals surface area contributed by atoms with Crippen molar-refractivity contribution in [2.75, 3.05) is 0 Å². The number of aryl methyl sites for hydroxylation is 1. The van der Waals surface area contributed by atoms with Gasteiger partial charge in [0.2, 0.25) is 0 Å². The average molecular weight is 262 g/mol. The van der Waals surface area contributed by atoms with E-state index < -0.39 is 0 Å². The normalized spacial score (nSPS) is 15.1. The summed E-state index contributed by atoms with van der Waals surface area (Å²) in [5, 5.41) is 2.79. The standard InChI is InChI=1S/C20H22/c1-4-15-12-16(5-2)20(13-15)19-11-10-14(3)17-8-6-7-9-18(17)19/h6-12H,4-5,13H2,1-3H3. The highest BCUT2D eigenvalue weighted by molar-refractivity contribution is 5.97. The van der Waals surface area contributed by atoms with Gasteiger partial charge < -0.3 is 0 Å². The lowest BCUT2D eigenvalue weighted by Gasteiger charge is -2.12.